The van der Waals surface area contributed by atoms with Gasteiger partial charge in [0.25, 0.3) is 0 Å². The Kier molecular flexibility index (Phi) is 6.23. The third-order valence-corrected chi connectivity index (χ3v) is 6.01. The van der Waals surface area contributed by atoms with Crippen molar-refractivity contribution in [2.75, 3.05) is 23.3 Å². The molecule has 4 rings (SSSR count). The number of carbonyl (C=O) groups excluding carboxylic acids is 1. The smallest absolute Gasteiger partial charge is 0.335 e. The second kappa shape index (κ2) is 9.23. The zero-order valence-corrected chi connectivity index (χ0v) is 17.7. The molecule has 2 N–H and O–H groups in total. The molecule has 0 bridgehead atoms. The normalized spacial score (nSPS) is 14.3. The summed E-state index contributed by atoms with van der Waals surface area (Å²) in [5, 5.41) is 12.6. The minimum Gasteiger partial charge on any atom is -0.478 e. The van der Waals surface area contributed by atoms with E-state index in [9.17, 15) is 9.59 Å². The third-order valence-electron chi connectivity index (χ3n) is 5.69. The molecule has 31 heavy (non-hydrogen) atoms. The second-order valence-electron chi connectivity index (χ2n) is 7.63. The van der Waals surface area contributed by atoms with E-state index in [1.54, 1.807) is 18.2 Å². The highest BCUT2D eigenvalue weighted by Crippen LogP contribution is 2.35. The predicted octanol–water partition coefficient (Wildman–Crippen LogP) is 5.56. The molecule has 1 fully saturated rings. The summed E-state index contributed by atoms with van der Waals surface area (Å²) in [6.45, 7) is 1.47. The molecule has 0 spiro atoms. The average molecular weight is 435 g/mol. The molecule has 0 aromatic heterocycles. The molecule has 0 radical (unpaired) electrons. The Morgan fingerprint density at radius 1 is 0.903 bits per heavy atom. The fourth-order valence-electron chi connectivity index (χ4n) is 3.95. The zero-order chi connectivity index (χ0) is 21.8. The number of benzene rings is 3. The molecule has 5 nitrogen and oxygen atoms in total. The quantitative estimate of drug-likeness (QED) is 0.551. The van der Waals surface area contributed by atoms with Gasteiger partial charge in [-0.05, 0) is 48.7 Å². The molecule has 1 aliphatic heterocycles. The maximum atomic E-state index is 13.0. The first-order valence-corrected chi connectivity index (χ1v) is 10.6. The van der Waals surface area contributed by atoms with Crippen LogP contribution in [-0.4, -0.2) is 30.1 Å². The standard InChI is InChI=1S/C25H23ClN2O3/c26-22-8-4-7-21(17-5-2-1-3-6-17)23(22)27-24(29)18-13-15-28(16-14-18)20-11-9-19(10-12-20)25(30)31/h1-12,18H,13-16H2,(H,27,29)(H,30,31). The number of anilines is 2. The summed E-state index contributed by atoms with van der Waals surface area (Å²) in [5.41, 5.74) is 3.79. The van der Waals surface area contributed by atoms with Crippen LogP contribution in [-0.2, 0) is 4.79 Å². The molecule has 0 aliphatic carbocycles. The van der Waals surface area contributed by atoms with Crippen molar-refractivity contribution >= 4 is 34.9 Å². The van der Waals surface area contributed by atoms with Crippen molar-refractivity contribution in [3.8, 4) is 11.1 Å². The Balaban J connectivity index is 1.43. The van der Waals surface area contributed by atoms with Gasteiger partial charge in [0.15, 0.2) is 0 Å². The molecule has 0 atom stereocenters. The number of nitrogens with one attached hydrogen (secondary N) is 1. The lowest BCUT2D eigenvalue weighted by molar-refractivity contribution is -0.120. The van der Waals surface area contributed by atoms with Gasteiger partial charge in [-0.3, -0.25) is 4.79 Å². The Bertz CT molecular complexity index is 1080. The third kappa shape index (κ3) is 4.72. The van der Waals surface area contributed by atoms with Crippen LogP contribution in [0.2, 0.25) is 5.02 Å². The number of carbonyl (C=O) groups is 2. The van der Waals surface area contributed by atoms with Crippen molar-refractivity contribution < 1.29 is 14.7 Å². The molecule has 1 heterocycles. The number of piperidine rings is 1. The van der Waals surface area contributed by atoms with Gasteiger partial charge in [0, 0.05) is 30.3 Å². The van der Waals surface area contributed by atoms with Gasteiger partial charge in [-0.1, -0.05) is 54.1 Å². The van der Waals surface area contributed by atoms with E-state index in [4.69, 9.17) is 16.7 Å². The van der Waals surface area contributed by atoms with Crippen molar-refractivity contribution in [3.05, 3.63) is 83.4 Å². The molecular weight excluding hydrogens is 412 g/mol. The molecular formula is C25H23ClN2O3. The van der Waals surface area contributed by atoms with Crippen LogP contribution in [0.4, 0.5) is 11.4 Å². The molecule has 3 aromatic carbocycles. The van der Waals surface area contributed by atoms with E-state index in [1.165, 1.54) is 0 Å². The van der Waals surface area contributed by atoms with Crippen molar-refractivity contribution in [1.82, 2.24) is 0 Å². The van der Waals surface area contributed by atoms with Crippen LogP contribution in [0, 0.1) is 5.92 Å². The summed E-state index contributed by atoms with van der Waals surface area (Å²) in [6, 6.07) is 22.3. The van der Waals surface area contributed by atoms with E-state index in [2.05, 4.69) is 10.2 Å². The molecule has 0 saturated carbocycles. The maximum Gasteiger partial charge on any atom is 0.335 e. The summed E-state index contributed by atoms with van der Waals surface area (Å²) >= 11 is 6.44. The fraction of sp³-hybridized carbons (Fsp3) is 0.200. The van der Waals surface area contributed by atoms with E-state index in [-0.39, 0.29) is 17.4 Å². The van der Waals surface area contributed by atoms with Gasteiger partial charge in [-0.25, -0.2) is 4.79 Å². The molecule has 1 aliphatic rings. The first-order valence-electron chi connectivity index (χ1n) is 10.3. The van der Waals surface area contributed by atoms with Crippen molar-refractivity contribution in [3.63, 3.8) is 0 Å². The van der Waals surface area contributed by atoms with Gasteiger partial charge in [-0.2, -0.15) is 0 Å². The lowest BCUT2D eigenvalue weighted by atomic mass is 9.95. The van der Waals surface area contributed by atoms with E-state index in [1.807, 2.05) is 54.6 Å². The Labute approximate surface area is 186 Å². The van der Waals surface area contributed by atoms with Crippen LogP contribution >= 0.6 is 11.6 Å². The molecule has 1 amide bonds. The minimum absolute atomic E-state index is 0.0221. The Morgan fingerprint density at radius 3 is 2.23 bits per heavy atom. The number of hydrogen-bond acceptors (Lipinski definition) is 3. The van der Waals surface area contributed by atoms with Gasteiger partial charge in [0.05, 0.1) is 16.3 Å². The van der Waals surface area contributed by atoms with E-state index < -0.39 is 5.97 Å². The number of carboxylic acid groups (broad SMARTS) is 1. The lowest BCUT2D eigenvalue weighted by Crippen LogP contribution is -2.38. The number of halogens is 1. The highest BCUT2D eigenvalue weighted by atomic mass is 35.5. The molecule has 1 saturated heterocycles. The first kappa shape index (κ1) is 20.9. The summed E-state index contributed by atoms with van der Waals surface area (Å²) in [6.07, 6.45) is 1.44. The van der Waals surface area contributed by atoms with Crippen molar-refractivity contribution in [2.24, 2.45) is 5.92 Å². The number of hydrogen-bond donors (Lipinski definition) is 2. The molecule has 158 valence electrons. The van der Waals surface area contributed by atoms with Crippen LogP contribution in [0.25, 0.3) is 11.1 Å². The number of nitrogens with zero attached hydrogens (tertiary/aromatic N) is 1. The number of para-hydroxylation sites is 1. The van der Waals surface area contributed by atoms with Gasteiger partial charge in [-0.15, -0.1) is 0 Å². The largest absolute Gasteiger partial charge is 0.478 e. The topological polar surface area (TPSA) is 69.6 Å². The average Bonchev–Trinajstić information content (AvgIpc) is 2.81. The fourth-order valence-corrected chi connectivity index (χ4v) is 4.17. The van der Waals surface area contributed by atoms with Gasteiger partial charge in [0.1, 0.15) is 0 Å². The van der Waals surface area contributed by atoms with Gasteiger partial charge < -0.3 is 15.3 Å². The Morgan fingerprint density at radius 2 is 1.58 bits per heavy atom. The van der Waals surface area contributed by atoms with Crippen LogP contribution < -0.4 is 10.2 Å². The molecule has 3 aromatic rings. The summed E-state index contributed by atoms with van der Waals surface area (Å²) < 4.78 is 0. The first-order chi connectivity index (χ1) is 15.0. The minimum atomic E-state index is -0.934. The summed E-state index contributed by atoms with van der Waals surface area (Å²) in [5.74, 6) is -1.06. The monoisotopic (exact) mass is 434 g/mol. The number of carboxylic acids is 1. The SMILES string of the molecule is O=C(O)c1ccc(N2CCC(C(=O)Nc3c(Cl)cccc3-c3ccccc3)CC2)cc1. The summed E-state index contributed by atoms with van der Waals surface area (Å²) in [7, 11) is 0. The zero-order valence-electron chi connectivity index (χ0n) is 16.9. The molecule has 0 unspecified atom stereocenters. The van der Waals surface area contributed by atoms with Gasteiger partial charge >= 0.3 is 5.97 Å². The summed E-state index contributed by atoms with van der Waals surface area (Å²) in [4.78, 5) is 26.2. The van der Waals surface area contributed by atoms with Crippen molar-refractivity contribution in [2.45, 2.75) is 12.8 Å². The number of aromatic carboxylic acids is 1. The van der Waals surface area contributed by atoms with E-state index in [0.717, 1.165) is 42.7 Å². The predicted molar refractivity (Wildman–Crippen MR) is 124 cm³/mol. The molecule has 6 heteroatoms. The van der Waals surface area contributed by atoms with Crippen LogP contribution in [0.1, 0.15) is 23.2 Å². The highest BCUT2D eigenvalue weighted by molar-refractivity contribution is 6.34. The second-order valence-corrected chi connectivity index (χ2v) is 8.04. The van der Waals surface area contributed by atoms with Crippen LogP contribution in [0.5, 0.6) is 0 Å². The number of rotatable bonds is 5. The van der Waals surface area contributed by atoms with Crippen LogP contribution in [0.3, 0.4) is 0 Å². The Hall–Kier alpha value is -3.31. The van der Waals surface area contributed by atoms with Crippen LogP contribution in [0.15, 0.2) is 72.8 Å². The van der Waals surface area contributed by atoms with Gasteiger partial charge in [0.2, 0.25) is 5.91 Å². The lowest BCUT2D eigenvalue weighted by Gasteiger charge is -2.33. The van der Waals surface area contributed by atoms with E-state index >= 15 is 0 Å². The maximum absolute atomic E-state index is 13.0. The van der Waals surface area contributed by atoms with E-state index in [0.29, 0.717) is 10.7 Å². The number of amides is 1. The van der Waals surface area contributed by atoms with Crippen molar-refractivity contribution in [1.29, 1.82) is 0 Å². The highest BCUT2D eigenvalue weighted by Gasteiger charge is 2.26.